The number of nitrogens with zero attached hydrogens (tertiary/aromatic N) is 2. The molecule has 6 rings (SSSR count). The first-order chi connectivity index (χ1) is 21.6. The van der Waals surface area contributed by atoms with Crippen LogP contribution in [0.15, 0.2) is 95.6 Å². The van der Waals surface area contributed by atoms with E-state index in [1.165, 1.54) is 23.1 Å². The number of hydrogen-bond acceptors (Lipinski definition) is 5. The van der Waals surface area contributed by atoms with Gasteiger partial charge in [0, 0.05) is 61.5 Å². The third-order valence-corrected chi connectivity index (χ3v) is 7.96. The van der Waals surface area contributed by atoms with Crippen LogP contribution < -0.4 is 5.73 Å². The molecule has 6 nitrogen and oxygen atoms in total. The molecule has 0 spiro atoms. The average Bonchev–Trinajstić information content (AvgIpc) is 3.46. The van der Waals surface area contributed by atoms with Gasteiger partial charge in [0.1, 0.15) is 23.0 Å². The fourth-order valence-corrected chi connectivity index (χ4v) is 5.40. The zero-order valence-electron chi connectivity index (χ0n) is 24.3. The molecule has 0 radical (unpaired) electrons. The molecule has 0 unspecified atom stereocenters. The van der Waals surface area contributed by atoms with Gasteiger partial charge in [0.2, 0.25) is 0 Å². The number of carbonyl (C=O) groups is 2. The summed E-state index contributed by atoms with van der Waals surface area (Å²) in [7, 11) is 0. The second-order valence-electron chi connectivity index (χ2n) is 11.2. The van der Waals surface area contributed by atoms with Gasteiger partial charge in [-0.05, 0) is 89.0 Å². The standard InChI is InChI=1S/C36H30F3N3O3/c37-29-9-7-25(8-10-29)32-21-27(24-3-5-26(6-4-24)35(44)42-17-15-36(38,39)16-18-42)19-28-20-31(45-34(28)32)13-12-30(43)11-1-23-2-14-33(40)41-22-23/h1-11,14,19-22H,12-13,15-18H2,(H2,40,41)/b11-1+. The number of alkyl halides is 2. The lowest BCUT2D eigenvalue weighted by molar-refractivity contribution is -0.114. The Morgan fingerprint density at radius 2 is 1.62 bits per heavy atom. The summed E-state index contributed by atoms with van der Waals surface area (Å²) in [4.78, 5) is 31.0. The Hall–Kier alpha value is -5.18. The van der Waals surface area contributed by atoms with Gasteiger partial charge in [-0.1, -0.05) is 24.3 Å². The van der Waals surface area contributed by atoms with Crippen molar-refractivity contribution in [2.24, 2.45) is 0 Å². The van der Waals surface area contributed by atoms with E-state index in [0.717, 1.165) is 33.2 Å². The zero-order chi connectivity index (χ0) is 31.6. The molecule has 1 amide bonds. The largest absolute Gasteiger partial charge is 0.460 e. The van der Waals surface area contributed by atoms with Crippen LogP contribution in [0.4, 0.5) is 19.0 Å². The number of rotatable bonds is 8. The highest BCUT2D eigenvalue weighted by molar-refractivity contribution is 5.98. The van der Waals surface area contributed by atoms with E-state index in [1.807, 2.05) is 30.3 Å². The Kier molecular flexibility index (Phi) is 8.26. The lowest BCUT2D eigenvalue weighted by Gasteiger charge is -2.31. The highest BCUT2D eigenvalue weighted by Gasteiger charge is 2.35. The number of hydrogen-bond donors (Lipinski definition) is 1. The van der Waals surface area contributed by atoms with E-state index in [0.29, 0.717) is 29.1 Å². The number of furan rings is 1. The van der Waals surface area contributed by atoms with Gasteiger partial charge in [-0.15, -0.1) is 0 Å². The van der Waals surface area contributed by atoms with Gasteiger partial charge in [-0.2, -0.15) is 0 Å². The number of nitrogen functional groups attached to an aromatic ring is 1. The summed E-state index contributed by atoms with van der Waals surface area (Å²) in [6.07, 6.45) is 4.75. The van der Waals surface area contributed by atoms with Crippen LogP contribution in [0, 0.1) is 5.82 Å². The predicted molar refractivity (Wildman–Crippen MR) is 168 cm³/mol. The molecule has 5 aromatic rings. The highest BCUT2D eigenvalue weighted by Crippen LogP contribution is 2.37. The summed E-state index contributed by atoms with van der Waals surface area (Å²) in [5, 5.41) is 0.812. The van der Waals surface area contributed by atoms with Gasteiger partial charge in [0.15, 0.2) is 5.78 Å². The predicted octanol–water partition coefficient (Wildman–Crippen LogP) is 7.97. The van der Waals surface area contributed by atoms with E-state index >= 15 is 0 Å². The molecular weight excluding hydrogens is 579 g/mol. The summed E-state index contributed by atoms with van der Waals surface area (Å²) < 4.78 is 47.1. The minimum Gasteiger partial charge on any atom is -0.460 e. The number of aromatic nitrogens is 1. The number of nitrogens with two attached hydrogens (primary N) is 1. The van der Waals surface area contributed by atoms with Gasteiger partial charge < -0.3 is 15.1 Å². The number of fused-ring (bicyclic) bond motifs is 1. The molecule has 228 valence electrons. The third-order valence-electron chi connectivity index (χ3n) is 7.96. The van der Waals surface area contributed by atoms with Crippen molar-refractivity contribution in [3.63, 3.8) is 0 Å². The summed E-state index contributed by atoms with van der Waals surface area (Å²) in [6.45, 7) is 0.0477. The van der Waals surface area contributed by atoms with Crippen molar-refractivity contribution >= 4 is 34.6 Å². The van der Waals surface area contributed by atoms with E-state index in [-0.39, 0.29) is 49.9 Å². The number of pyridine rings is 1. The van der Waals surface area contributed by atoms with Gasteiger partial charge in [0.05, 0.1) is 0 Å². The SMILES string of the molecule is Nc1ccc(/C=C/C(=O)CCc2cc3cc(-c4ccc(C(=O)N5CCC(F)(F)CC5)cc4)cc(-c4ccc(F)cc4)c3o2)cn1. The highest BCUT2D eigenvalue weighted by atomic mass is 19.3. The van der Waals surface area contributed by atoms with Crippen molar-refractivity contribution < 1.29 is 27.2 Å². The van der Waals surface area contributed by atoms with E-state index in [2.05, 4.69) is 4.98 Å². The van der Waals surface area contributed by atoms with Crippen molar-refractivity contribution in [2.45, 2.75) is 31.6 Å². The number of carbonyl (C=O) groups excluding carboxylic acids is 2. The monoisotopic (exact) mass is 609 g/mol. The Bertz CT molecular complexity index is 1870. The first kappa shape index (κ1) is 29.9. The topological polar surface area (TPSA) is 89.4 Å². The molecule has 1 aliphatic heterocycles. The molecule has 1 saturated heterocycles. The maximum atomic E-state index is 13.8. The number of aryl methyl sites for hydroxylation is 1. The molecule has 0 bridgehead atoms. The van der Waals surface area contributed by atoms with Crippen LogP contribution in [0.25, 0.3) is 39.3 Å². The van der Waals surface area contributed by atoms with E-state index in [1.54, 1.807) is 48.7 Å². The molecule has 2 N–H and O–H groups in total. The van der Waals surface area contributed by atoms with Gasteiger partial charge >= 0.3 is 0 Å². The Morgan fingerprint density at radius 3 is 2.31 bits per heavy atom. The fourth-order valence-electron chi connectivity index (χ4n) is 5.40. The lowest BCUT2D eigenvalue weighted by atomic mass is 9.96. The molecule has 9 heteroatoms. The Morgan fingerprint density at radius 1 is 0.911 bits per heavy atom. The number of likely N-dealkylation sites (tertiary alicyclic amines) is 1. The maximum absolute atomic E-state index is 13.8. The van der Waals surface area contributed by atoms with Gasteiger partial charge in [-0.3, -0.25) is 9.59 Å². The third kappa shape index (κ3) is 6.98. The molecule has 1 aliphatic rings. The molecule has 0 aliphatic carbocycles. The van der Waals surface area contributed by atoms with Crippen LogP contribution in [-0.4, -0.2) is 40.6 Å². The van der Waals surface area contributed by atoms with Crippen LogP contribution in [0.1, 0.15) is 40.9 Å². The van der Waals surface area contributed by atoms with Crippen molar-refractivity contribution in [1.82, 2.24) is 9.88 Å². The first-order valence-electron chi connectivity index (χ1n) is 14.7. The average molecular weight is 610 g/mol. The molecular formula is C36H30F3N3O3. The molecule has 0 atom stereocenters. The van der Waals surface area contributed by atoms with Crippen LogP contribution >= 0.6 is 0 Å². The molecule has 3 heterocycles. The number of benzene rings is 3. The van der Waals surface area contributed by atoms with Crippen molar-refractivity contribution in [3.05, 3.63) is 114 Å². The van der Waals surface area contributed by atoms with E-state index < -0.39 is 5.92 Å². The molecule has 0 saturated carbocycles. The Balaban J connectivity index is 1.24. The summed E-state index contributed by atoms with van der Waals surface area (Å²) in [5.74, 6) is -2.38. The smallest absolute Gasteiger partial charge is 0.253 e. The number of halogens is 3. The van der Waals surface area contributed by atoms with Crippen molar-refractivity contribution in [2.75, 3.05) is 18.8 Å². The summed E-state index contributed by atoms with van der Waals surface area (Å²) in [5.41, 5.74) is 10.6. The lowest BCUT2D eigenvalue weighted by Crippen LogP contribution is -2.42. The van der Waals surface area contributed by atoms with E-state index in [4.69, 9.17) is 10.2 Å². The molecule has 1 fully saturated rings. The maximum Gasteiger partial charge on any atom is 0.253 e. The van der Waals surface area contributed by atoms with Crippen molar-refractivity contribution in [3.8, 4) is 22.3 Å². The van der Waals surface area contributed by atoms with Crippen LogP contribution in [-0.2, 0) is 11.2 Å². The fraction of sp³-hybridized carbons (Fsp3) is 0.194. The Labute approximate surface area is 258 Å². The quantitative estimate of drug-likeness (QED) is 0.180. The van der Waals surface area contributed by atoms with Crippen LogP contribution in [0.5, 0.6) is 0 Å². The molecule has 2 aromatic heterocycles. The summed E-state index contributed by atoms with van der Waals surface area (Å²) >= 11 is 0. The van der Waals surface area contributed by atoms with Crippen molar-refractivity contribution in [1.29, 1.82) is 0 Å². The number of piperidine rings is 1. The second kappa shape index (κ2) is 12.4. The van der Waals surface area contributed by atoms with Crippen LogP contribution in [0.2, 0.25) is 0 Å². The van der Waals surface area contributed by atoms with Gasteiger partial charge in [-0.25, -0.2) is 18.2 Å². The normalized spacial score (nSPS) is 14.7. The molecule has 45 heavy (non-hydrogen) atoms. The minimum absolute atomic E-state index is 0.0239. The number of anilines is 1. The first-order valence-corrected chi connectivity index (χ1v) is 14.7. The number of ketones is 1. The zero-order valence-corrected chi connectivity index (χ0v) is 24.3. The van der Waals surface area contributed by atoms with E-state index in [9.17, 15) is 22.8 Å². The summed E-state index contributed by atoms with van der Waals surface area (Å²) in [6, 6.07) is 22.4. The number of allylic oxidation sites excluding steroid dienone is 1. The van der Waals surface area contributed by atoms with Crippen LogP contribution in [0.3, 0.4) is 0 Å². The second-order valence-corrected chi connectivity index (χ2v) is 11.2. The molecule has 3 aromatic carbocycles. The van der Waals surface area contributed by atoms with Gasteiger partial charge in [0.25, 0.3) is 11.8 Å². The number of amides is 1. The minimum atomic E-state index is -2.73.